The standard InChI is InChI=1S/C13H15N3O2/c1-9-7-16(13(18)12(8-17)15-9)11-4-2-10(6-14)3-5-11/h2-5,9,12,15,17H,7-8H2,1H3. The van der Waals surface area contributed by atoms with Gasteiger partial charge in [0.2, 0.25) is 5.91 Å². The maximum Gasteiger partial charge on any atom is 0.246 e. The third-order valence-corrected chi connectivity index (χ3v) is 3.00. The van der Waals surface area contributed by atoms with Crippen molar-refractivity contribution in [2.24, 2.45) is 0 Å². The normalized spacial score (nSPS) is 23.8. The third-order valence-electron chi connectivity index (χ3n) is 3.00. The molecule has 0 aromatic heterocycles. The molecule has 94 valence electrons. The Morgan fingerprint density at radius 2 is 2.17 bits per heavy atom. The largest absolute Gasteiger partial charge is 0.394 e. The van der Waals surface area contributed by atoms with Gasteiger partial charge in [-0.25, -0.2) is 0 Å². The van der Waals surface area contributed by atoms with Crippen molar-refractivity contribution < 1.29 is 9.90 Å². The van der Waals surface area contributed by atoms with Gasteiger partial charge in [0.15, 0.2) is 0 Å². The molecule has 0 aliphatic carbocycles. The lowest BCUT2D eigenvalue weighted by atomic mass is 10.1. The monoisotopic (exact) mass is 245 g/mol. The Morgan fingerprint density at radius 3 is 2.72 bits per heavy atom. The molecule has 18 heavy (non-hydrogen) atoms. The van der Waals surface area contributed by atoms with Gasteiger partial charge in [0.05, 0.1) is 18.2 Å². The Bertz CT molecular complexity index is 478. The maximum absolute atomic E-state index is 12.1. The number of benzene rings is 1. The second-order valence-corrected chi connectivity index (χ2v) is 4.41. The van der Waals surface area contributed by atoms with Gasteiger partial charge in [-0.05, 0) is 31.2 Å². The summed E-state index contributed by atoms with van der Waals surface area (Å²) in [5, 5.41) is 21.0. The highest BCUT2D eigenvalue weighted by Gasteiger charge is 2.32. The lowest BCUT2D eigenvalue weighted by Gasteiger charge is -2.36. The number of aliphatic hydroxyl groups excluding tert-OH is 1. The van der Waals surface area contributed by atoms with Crippen LogP contribution in [0.25, 0.3) is 0 Å². The first kappa shape index (κ1) is 12.6. The average molecular weight is 245 g/mol. The zero-order chi connectivity index (χ0) is 13.1. The number of nitriles is 1. The van der Waals surface area contributed by atoms with Crippen LogP contribution in [0.5, 0.6) is 0 Å². The molecule has 1 aromatic carbocycles. The highest BCUT2D eigenvalue weighted by atomic mass is 16.3. The smallest absolute Gasteiger partial charge is 0.246 e. The van der Waals surface area contributed by atoms with Crippen LogP contribution in [0.15, 0.2) is 24.3 Å². The van der Waals surface area contributed by atoms with Gasteiger partial charge >= 0.3 is 0 Å². The molecule has 0 saturated carbocycles. The van der Waals surface area contributed by atoms with Crippen LogP contribution in [-0.2, 0) is 4.79 Å². The molecule has 5 nitrogen and oxygen atoms in total. The number of carbonyl (C=O) groups is 1. The summed E-state index contributed by atoms with van der Waals surface area (Å²) in [7, 11) is 0. The van der Waals surface area contributed by atoms with E-state index in [0.717, 1.165) is 5.69 Å². The fourth-order valence-electron chi connectivity index (χ4n) is 2.10. The van der Waals surface area contributed by atoms with E-state index in [1.165, 1.54) is 0 Å². The molecule has 1 aliphatic heterocycles. The van der Waals surface area contributed by atoms with Crippen LogP contribution in [0.2, 0.25) is 0 Å². The third kappa shape index (κ3) is 2.35. The highest BCUT2D eigenvalue weighted by Crippen LogP contribution is 2.19. The minimum atomic E-state index is -0.551. The van der Waals surface area contributed by atoms with Gasteiger partial charge in [0.25, 0.3) is 0 Å². The van der Waals surface area contributed by atoms with E-state index in [1.807, 2.05) is 13.0 Å². The number of aliphatic hydroxyl groups is 1. The first-order chi connectivity index (χ1) is 8.65. The quantitative estimate of drug-likeness (QED) is 0.782. The number of rotatable bonds is 2. The Hall–Kier alpha value is -1.90. The van der Waals surface area contributed by atoms with Crippen molar-refractivity contribution in [1.29, 1.82) is 5.26 Å². The molecule has 1 amide bonds. The molecule has 2 rings (SSSR count). The van der Waals surface area contributed by atoms with Gasteiger partial charge < -0.3 is 10.0 Å². The fraction of sp³-hybridized carbons (Fsp3) is 0.385. The summed E-state index contributed by atoms with van der Waals surface area (Å²) in [5.74, 6) is -0.139. The minimum Gasteiger partial charge on any atom is -0.394 e. The first-order valence-electron chi connectivity index (χ1n) is 5.84. The van der Waals surface area contributed by atoms with Crippen molar-refractivity contribution in [3.63, 3.8) is 0 Å². The van der Waals surface area contributed by atoms with Crippen molar-refractivity contribution >= 4 is 11.6 Å². The number of nitrogens with one attached hydrogen (secondary N) is 1. The molecular weight excluding hydrogens is 230 g/mol. The maximum atomic E-state index is 12.1. The zero-order valence-electron chi connectivity index (χ0n) is 10.1. The summed E-state index contributed by atoms with van der Waals surface area (Å²) in [6.07, 6.45) is 0. The van der Waals surface area contributed by atoms with Crippen molar-refractivity contribution in [3.05, 3.63) is 29.8 Å². The van der Waals surface area contributed by atoms with Crippen molar-refractivity contribution in [1.82, 2.24) is 5.32 Å². The molecule has 0 bridgehead atoms. The molecule has 1 fully saturated rings. The van der Waals surface area contributed by atoms with E-state index in [9.17, 15) is 9.90 Å². The lowest BCUT2D eigenvalue weighted by molar-refractivity contribution is -0.123. The summed E-state index contributed by atoms with van der Waals surface area (Å²) in [5.41, 5.74) is 1.32. The second-order valence-electron chi connectivity index (χ2n) is 4.41. The zero-order valence-corrected chi connectivity index (χ0v) is 10.1. The van der Waals surface area contributed by atoms with Crippen molar-refractivity contribution in [3.8, 4) is 6.07 Å². The van der Waals surface area contributed by atoms with E-state index in [1.54, 1.807) is 29.2 Å². The van der Waals surface area contributed by atoms with Crippen molar-refractivity contribution in [2.75, 3.05) is 18.1 Å². The summed E-state index contributed by atoms with van der Waals surface area (Å²) < 4.78 is 0. The number of nitrogens with zero attached hydrogens (tertiary/aromatic N) is 2. The van der Waals surface area contributed by atoms with E-state index in [4.69, 9.17) is 5.26 Å². The van der Waals surface area contributed by atoms with E-state index in [2.05, 4.69) is 5.32 Å². The van der Waals surface area contributed by atoms with Crippen LogP contribution in [0.4, 0.5) is 5.69 Å². The predicted octanol–water partition coefficient (Wildman–Crippen LogP) is 0.244. The second kappa shape index (κ2) is 5.17. The Morgan fingerprint density at radius 1 is 1.50 bits per heavy atom. The Kier molecular flexibility index (Phi) is 3.60. The van der Waals surface area contributed by atoms with Gasteiger partial charge in [-0.2, -0.15) is 5.26 Å². The van der Waals surface area contributed by atoms with Crippen molar-refractivity contribution in [2.45, 2.75) is 19.0 Å². The SMILES string of the molecule is CC1CN(c2ccc(C#N)cc2)C(=O)C(CO)N1. The molecule has 0 radical (unpaired) electrons. The van der Waals surface area contributed by atoms with Crippen LogP contribution in [0.1, 0.15) is 12.5 Å². The van der Waals surface area contributed by atoms with Gasteiger partial charge in [-0.3, -0.25) is 10.1 Å². The molecule has 2 atom stereocenters. The van der Waals surface area contributed by atoms with Crippen LogP contribution in [-0.4, -0.2) is 36.2 Å². The molecule has 1 aromatic rings. The first-order valence-corrected chi connectivity index (χ1v) is 5.84. The lowest BCUT2D eigenvalue weighted by Crippen LogP contribution is -2.60. The molecule has 5 heteroatoms. The fourth-order valence-corrected chi connectivity index (χ4v) is 2.10. The summed E-state index contributed by atoms with van der Waals surface area (Å²) in [6.45, 7) is 2.31. The predicted molar refractivity (Wildman–Crippen MR) is 67.0 cm³/mol. The van der Waals surface area contributed by atoms with Crippen LogP contribution in [0.3, 0.4) is 0 Å². The summed E-state index contributed by atoms with van der Waals surface area (Å²) >= 11 is 0. The molecule has 1 aliphatic rings. The van der Waals surface area contributed by atoms with E-state index in [-0.39, 0.29) is 18.6 Å². The number of hydrogen-bond acceptors (Lipinski definition) is 4. The van der Waals surface area contributed by atoms with Gasteiger partial charge in [0.1, 0.15) is 6.04 Å². The van der Waals surface area contributed by atoms with E-state index < -0.39 is 6.04 Å². The van der Waals surface area contributed by atoms with Crippen LogP contribution in [0, 0.1) is 11.3 Å². The summed E-state index contributed by atoms with van der Waals surface area (Å²) in [6, 6.07) is 8.48. The minimum absolute atomic E-state index is 0.121. The van der Waals surface area contributed by atoms with Gasteiger partial charge in [0, 0.05) is 18.3 Å². The number of piperazine rings is 1. The Labute approximate surface area is 106 Å². The molecule has 2 unspecified atom stereocenters. The van der Waals surface area contributed by atoms with Gasteiger partial charge in [-0.1, -0.05) is 0 Å². The van der Waals surface area contributed by atoms with E-state index in [0.29, 0.717) is 12.1 Å². The van der Waals surface area contributed by atoms with E-state index >= 15 is 0 Å². The molecule has 1 saturated heterocycles. The highest BCUT2D eigenvalue weighted by molar-refractivity contribution is 5.98. The summed E-state index contributed by atoms with van der Waals surface area (Å²) in [4.78, 5) is 13.7. The number of hydrogen-bond donors (Lipinski definition) is 2. The topological polar surface area (TPSA) is 76.4 Å². The molecule has 1 heterocycles. The number of amides is 1. The molecule has 2 N–H and O–H groups in total. The van der Waals surface area contributed by atoms with Gasteiger partial charge in [-0.15, -0.1) is 0 Å². The van der Waals surface area contributed by atoms with Crippen LogP contribution >= 0.6 is 0 Å². The molecule has 0 spiro atoms. The molecular formula is C13H15N3O2. The number of anilines is 1. The average Bonchev–Trinajstić information content (AvgIpc) is 2.41. The Balaban J connectivity index is 2.25. The van der Waals surface area contributed by atoms with Crippen LogP contribution < -0.4 is 10.2 Å². The number of carbonyl (C=O) groups excluding carboxylic acids is 1.